The molecule has 0 saturated heterocycles. The Labute approximate surface area is 145 Å². The molecule has 0 atom stereocenters. The minimum Gasteiger partial charge on any atom is -0.206 e. The van der Waals surface area contributed by atoms with Crippen molar-refractivity contribution in [2.75, 3.05) is 0 Å². The average Bonchev–Trinajstić information content (AvgIpc) is 2.68. The largest absolute Gasteiger partial charge is 0.206 e. The van der Waals surface area contributed by atoms with Gasteiger partial charge in [-0.05, 0) is 38.6 Å². The number of halogens is 1. The van der Waals surface area contributed by atoms with Crippen LogP contribution in [0.2, 0.25) is 0 Å². The monoisotopic (exact) mass is 322 g/mol. The molecule has 5 rings (SSSR count). The molecule has 0 nitrogen and oxygen atoms in total. The predicted molar refractivity (Wildman–Crippen MR) is 104 cm³/mol. The van der Waals surface area contributed by atoms with E-state index in [1.165, 1.54) is 5.39 Å². The van der Waals surface area contributed by atoms with Crippen LogP contribution in [0.5, 0.6) is 0 Å². The molecule has 0 aromatic heterocycles. The van der Waals surface area contributed by atoms with Gasteiger partial charge < -0.3 is 0 Å². The Morgan fingerprint density at radius 1 is 0.440 bits per heavy atom. The van der Waals surface area contributed by atoms with Crippen LogP contribution in [0.1, 0.15) is 0 Å². The van der Waals surface area contributed by atoms with E-state index in [1.807, 2.05) is 54.6 Å². The number of rotatable bonds is 1. The van der Waals surface area contributed by atoms with Gasteiger partial charge >= 0.3 is 0 Å². The zero-order valence-corrected chi connectivity index (χ0v) is 13.5. The Hall–Kier alpha value is -3.19. The summed E-state index contributed by atoms with van der Waals surface area (Å²) < 4.78 is 14.9. The first-order valence-electron chi connectivity index (χ1n) is 8.42. The van der Waals surface area contributed by atoms with Crippen molar-refractivity contribution in [3.63, 3.8) is 0 Å². The Balaban J connectivity index is 2.12. The second kappa shape index (κ2) is 5.42. The van der Waals surface area contributed by atoms with Crippen LogP contribution in [0.3, 0.4) is 0 Å². The third-order valence-electron chi connectivity index (χ3n) is 4.92. The highest BCUT2D eigenvalue weighted by Crippen LogP contribution is 2.41. The standard InChI is InChI=1S/C24H15F/c25-22-15-14-21-19-12-5-4-10-17(19)18-11-6-7-13-20(18)24(21)23(22)16-8-2-1-3-9-16/h1-15H. The number of fused-ring (bicyclic) bond motifs is 6. The Bertz CT molecular complexity index is 1200. The van der Waals surface area contributed by atoms with Crippen LogP contribution < -0.4 is 0 Å². The topological polar surface area (TPSA) is 0 Å². The fraction of sp³-hybridized carbons (Fsp3) is 0. The smallest absolute Gasteiger partial charge is 0.131 e. The number of hydrogen-bond acceptors (Lipinski definition) is 0. The van der Waals surface area contributed by atoms with Crippen molar-refractivity contribution in [2.45, 2.75) is 0 Å². The van der Waals surface area contributed by atoms with E-state index in [2.05, 4.69) is 30.3 Å². The van der Waals surface area contributed by atoms with Gasteiger partial charge in [0, 0.05) is 10.9 Å². The van der Waals surface area contributed by atoms with E-state index in [0.29, 0.717) is 5.56 Å². The van der Waals surface area contributed by atoms with E-state index in [-0.39, 0.29) is 5.82 Å². The maximum Gasteiger partial charge on any atom is 0.131 e. The minimum atomic E-state index is -0.181. The maximum absolute atomic E-state index is 14.9. The van der Waals surface area contributed by atoms with E-state index in [4.69, 9.17) is 0 Å². The summed E-state index contributed by atoms with van der Waals surface area (Å²) in [6.45, 7) is 0. The van der Waals surface area contributed by atoms with Gasteiger partial charge in [0.2, 0.25) is 0 Å². The van der Waals surface area contributed by atoms with Gasteiger partial charge in [-0.2, -0.15) is 0 Å². The zero-order chi connectivity index (χ0) is 16.8. The predicted octanol–water partition coefficient (Wildman–Crippen LogP) is 6.95. The molecule has 0 aliphatic heterocycles. The SMILES string of the molecule is Fc1ccc2c3ccccc3c3ccccc3c2c1-c1ccccc1. The Kier molecular flexibility index (Phi) is 3.07. The van der Waals surface area contributed by atoms with Crippen LogP contribution in [-0.4, -0.2) is 0 Å². The summed E-state index contributed by atoms with van der Waals surface area (Å²) >= 11 is 0. The lowest BCUT2D eigenvalue weighted by Crippen LogP contribution is -1.90. The first-order chi connectivity index (χ1) is 12.3. The quantitative estimate of drug-likeness (QED) is 0.293. The first-order valence-corrected chi connectivity index (χ1v) is 8.42. The van der Waals surface area contributed by atoms with Gasteiger partial charge in [-0.3, -0.25) is 0 Å². The lowest BCUT2D eigenvalue weighted by Gasteiger charge is -2.15. The Morgan fingerprint density at radius 3 is 1.56 bits per heavy atom. The van der Waals surface area contributed by atoms with Gasteiger partial charge in [0.05, 0.1) is 0 Å². The molecule has 0 unspecified atom stereocenters. The van der Waals surface area contributed by atoms with Crippen LogP contribution in [0, 0.1) is 5.82 Å². The molecule has 0 heterocycles. The van der Waals surface area contributed by atoms with Gasteiger partial charge in [0.25, 0.3) is 0 Å². The van der Waals surface area contributed by atoms with E-state index in [1.54, 1.807) is 6.07 Å². The number of hydrogen-bond donors (Lipinski definition) is 0. The lowest BCUT2D eigenvalue weighted by atomic mass is 9.89. The van der Waals surface area contributed by atoms with Crippen molar-refractivity contribution in [1.82, 2.24) is 0 Å². The summed E-state index contributed by atoms with van der Waals surface area (Å²) in [5.74, 6) is -0.181. The van der Waals surface area contributed by atoms with Crippen molar-refractivity contribution < 1.29 is 4.39 Å². The first kappa shape index (κ1) is 14.2. The normalized spacial score (nSPS) is 11.4. The molecule has 25 heavy (non-hydrogen) atoms. The molecule has 1 heteroatoms. The zero-order valence-electron chi connectivity index (χ0n) is 13.5. The van der Waals surface area contributed by atoms with Gasteiger partial charge in [-0.1, -0.05) is 84.9 Å². The van der Waals surface area contributed by atoms with E-state index in [9.17, 15) is 4.39 Å². The van der Waals surface area contributed by atoms with Crippen molar-refractivity contribution in [3.05, 3.63) is 96.8 Å². The molecule has 0 spiro atoms. The molecule has 0 aliphatic carbocycles. The second-order valence-corrected chi connectivity index (χ2v) is 6.30. The van der Waals surface area contributed by atoms with Crippen molar-refractivity contribution in [2.24, 2.45) is 0 Å². The molecule has 5 aromatic carbocycles. The highest BCUT2D eigenvalue weighted by Gasteiger charge is 2.15. The summed E-state index contributed by atoms with van der Waals surface area (Å²) in [7, 11) is 0. The van der Waals surface area contributed by atoms with Crippen LogP contribution in [0.4, 0.5) is 4.39 Å². The fourth-order valence-corrected chi connectivity index (χ4v) is 3.86. The van der Waals surface area contributed by atoms with Crippen molar-refractivity contribution in [3.8, 4) is 11.1 Å². The van der Waals surface area contributed by atoms with Crippen LogP contribution in [-0.2, 0) is 0 Å². The van der Waals surface area contributed by atoms with Crippen LogP contribution >= 0.6 is 0 Å². The highest BCUT2D eigenvalue weighted by atomic mass is 19.1. The molecule has 0 N–H and O–H groups in total. The molecule has 5 aromatic rings. The average molecular weight is 322 g/mol. The van der Waals surface area contributed by atoms with Gasteiger partial charge in [-0.15, -0.1) is 0 Å². The molecular weight excluding hydrogens is 307 g/mol. The maximum atomic E-state index is 14.9. The summed E-state index contributed by atoms with van der Waals surface area (Å²) in [5, 5.41) is 6.70. The summed E-state index contributed by atoms with van der Waals surface area (Å²) in [5.41, 5.74) is 1.59. The van der Waals surface area contributed by atoms with E-state index < -0.39 is 0 Å². The van der Waals surface area contributed by atoms with E-state index in [0.717, 1.165) is 32.5 Å². The summed E-state index contributed by atoms with van der Waals surface area (Å²) in [4.78, 5) is 0. The molecule has 0 fully saturated rings. The summed E-state index contributed by atoms with van der Waals surface area (Å²) in [6, 6.07) is 30.0. The highest BCUT2D eigenvalue weighted by molar-refractivity contribution is 6.28. The number of benzene rings is 5. The van der Waals surface area contributed by atoms with Crippen LogP contribution in [0.25, 0.3) is 43.4 Å². The van der Waals surface area contributed by atoms with Gasteiger partial charge in [-0.25, -0.2) is 4.39 Å². The minimum absolute atomic E-state index is 0.181. The third kappa shape index (κ3) is 2.06. The Morgan fingerprint density at radius 2 is 0.920 bits per heavy atom. The molecule has 0 saturated carbocycles. The molecule has 118 valence electrons. The second-order valence-electron chi connectivity index (χ2n) is 6.30. The summed E-state index contributed by atoms with van der Waals surface area (Å²) in [6.07, 6.45) is 0. The lowest BCUT2D eigenvalue weighted by molar-refractivity contribution is 0.633. The molecule has 0 amide bonds. The molecule has 0 aliphatic rings. The van der Waals surface area contributed by atoms with Crippen molar-refractivity contribution in [1.29, 1.82) is 0 Å². The molecule has 0 bridgehead atoms. The van der Waals surface area contributed by atoms with Gasteiger partial charge in [0.15, 0.2) is 0 Å². The molecular formula is C24H15F. The third-order valence-corrected chi connectivity index (χ3v) is 4.92. The molecule has 0 radical (unpaired) electrons. The van der Waals surface area contributed by atoms with Crippen molar-refractivity contribution >= 4 is 32.3 Å². The van der Waals surface area contributed by atoms with Crippen LogP contribution in [0.15, 0.2) is 91.0 Å². The van der Waals surface area contributed by atoms with Gasteiger partial charge in [0.1, 0.15) is 5.82 Å². The van der Waals surface area contributed by atoms with E-state index >= 15 is 0 Å². The fourth-order valence-electron chi connectivity index (χ4n) is 3.86.